The Labute approximate surface area is 181 Å². The first-order chi connectivity index (χ1) is 15.1. The summed E-state index contributed by atoms with van der Waals surface area (Å²) in [6.07, 6.45) is 6.35. The van der Waals surface area contributed by atoms with Gasteiger partial charge in [0.15, 0.2) is 0 Å². The van der Waals surface area contributed by atoms with E-state index in [9.17, 15) is 4.79 Å². The van der Waals surface area contributed by atoms with Gasteiger partial charge >= 0.3 is 0 Å². The molecule has 0 spiro atoms. The number of hydrogen-bond donors (Lipinski definition) is 1. The second kappa shape index (κ2) is 8.02. The second-order valence-electron chi connectivity index (χ2n) is 8.32. The summed E-state index contributed by atoms with van der Waals surface area (Å²) in [5.41, 5.74) is 4.79. The predicted octanol–water partition coefficient (Wildman–Crippen LogP) is 4.63. The lowest BCUT2D eigenvalue weighted by Gasteiger charge is -2.12. The summed E-state index contributed by atoms with van der Waals surface area (Å²) < 4.78 is 7.27. The van der Waals surface area contributed by atoms with Crippen molar-refractivity contribution in [3.05, 3.63) is 54.2 Å². The Hall–Kier alpha value is -3.41. The minimum absolute atomic E-state index is 0.000357. The number of aryl methyl sites for hydroxylation is 1. The van der Waals surface area contributed by atoms with Crippen LogP contribution in [0.15, 0.2) is 48.7 Å². The third-order valence-electron chi connectivity index (χ3n) is 6.12. The Kier molecular flexibility index (Phi) is 5.06. The number of nitrogens with zero attached hydrogens (tertiary/aromatic N) is 3. The molecule has 0 atom stereocenters. The quantitative estimate of drug-likeness (QED) is 0.517. The summed E-state index contributed by atoms with van der Waals surface area (Å²) in [5, 5.41) is 9.92. The SMILES string of the molecule is COc1ccc2ncc3c(-c4ccc(C)cc4)nn(CC(=O)NC4CCCC4)c3c2c1. The molecule has 1 amide bonds. The van der Waals surface area contributed by atoms with E-state index in [0.29, 0.717) is 0 Å². The molecule has 0 aliphatic heterocycles. The van der Waals surface area contributed by atoms with Crippen LogP contribution in [0, 0.1) is 6.92 Å². The number of ether oxygens (including phenoxy) is 1. The molecule has 5 rings (SSSR count). The lowest BCUT2D eigenvalue weighted by Crippen LogP contribution is -2.35. The van der Waals surface area contributed by atoms with E-state index < -0.39 is 0 Å². The number of carbonyl (C=O) groups excluding carboxylic acids is 1. The Morgan fingerprint density at radius 3 is 2.65 bits per heavy atom. The van der Waals surface area contributed by atoms with Crippen LogP contribution in [0.2, 0.25) is 0 Å². The molecule has 1 aliphatic carbocycles. The van der Waals surface area contributed by atoms with E-state index in [1.54, 1.807) is 7.11 Å². The average Bonchev–Trinajstić information content (AvgIpc) is 3.42. The van der Waals surface area contributed by atoms with E-state index in [2.05, 4.69) is 41.5 Å². The van der Waals surface area contributed by atoms with Gasteiger partial charge in [-0.3, -0.25) is 14.5 Å². The molecule has 1 N–H and O–H groups in total. The van der Waals surface area contributed by atoms with Gasteiger partial charge in [-0.2, -0.15) is 5.10 Å². The van der Waals surface area contributed by atoms with E-state index in [4.69, 9.17) is 9.84 Å². The Bertz CT molecular complexity index is 1250. The topological polar surface area (TPSA) is 69.0 Å². The summed E-state index contributed by atoms with van der Waals surface area (Å²) >= 11 is 0. The maximum absolute atomic E-state index is 12.8. The number of nitrogens with one attached hydrogen (secondary N) is 1. The van der Waals surface area contributed by atoms with Gasteiger partial charge in [-0.1, -0.05) is 42.7 Å². The van der Waals surface area contributed by atoms with E-state index in [1.165, 1.54) is 18.4 Å². The number of pyridine rings is 1. The van der Waals surface area contributed by atoms with E-state index >= 15 is 0 Å². The highest BCUT2D eigenvalue weighted by molar-refractivity contribution is 6.08. The molecule has 4 aromatic rings. The van der Waals surface area contributed by atoms with Gasteiger partial charge in [0.05, 0.1) is 18.1 Å². The normalized spacial score (nSPS) is 14.4. The third-order valence-corrected chi connectivity index (χ3v) is 6.12. The first kappa shape index (κ1) is 19.5. The van der Waals surface area contributed by atoms with Gasteiger partial charge in [-0.25, -0.2) is 0 Å². The van der Waals surface area contributed by atoms with Crippen LogP contribution in [0.25, 0.3) is 33.1 Å². The lowest BCUT2D eigenvalue weighted by atomic mass is 10.1. The van der Waals surface area contributed by atoms with Crippen molar-refractivity contribution >= 4 is 27.7 Å². The van der Waals surface area contributed by atoms with Gasteiger partial charge in [0.25, 0.3) is 0 Å². The fourth-order valence-corrected chi connectivity index (χ4v) is 4.48. The number of rotatable bonds is 5. The number of aromatic nitrogens is 3. The van der Waals surface area contributed by atoms with E-state index in [1.807, 2.05) is 29.1 Å². The van der Waals surface area contributed by atoms with Gasteiger partial charge in [0.2, 0.25) is 5.91 Å². The highest BCUT2D eigenvalue weighted by Gasteiger charge is 2.21. The van der Waals surface area contributed by atoms with Gasteiger partial charge in [0, 0.05) is 28.6 Å². The van der Waals surface area contributed by atoms with Crippen LogP contribution in [0.5, 0.6) is 5.75 Å². The van der Waals surface area contributed by atoms with Crippen molar-refractivity contribution < 1.29 is 9.53 Å². The molecule has 0 bridgehead atoms. The molecular weight excluding hydrogens is 388 g/mol. The molecule has 0 saturated heterocycles. The van der Waals surface area contributed by atoms with Crippen LogP contribution in [0.3, 0.4) is 0 Å². The van der Waals surface area contributed by atoms with Crippen molar-refractivity contribution in [2.75, 3.05) is 7.11 Å². The zero-order valence-corrected chi connectivity index (χ0v) is 17.9. The lowest BCUT2D eigenvalue weighted by molar-refractivity contribution is -0.122. The first-order valence-corrected chi connectivity index (χ1v) is 10.8. The van der Waals surface area contributed by atoms with Crippen molar-refractivity contribution in [1.29, 1.82) is 0 Å². The summed E-state index contributed by atoms with van der Waals surface area (Å²) in [5.74, 6) is 0.751. The number of amides is 1. The molecule has 2 aromatic heterocycles. The van der Waals surface area contributed by atoms with Crippen LogP contribution < -0.4 is 10.1 Å². The fourth-order valence-electron chi connectivity index (χ4n) is 4.48. The minimum atomic E-state index is -0.000357. The Morgan fingerprint density at radius 1 is 1.13 bits per heavy atom. The summed E-state index contributed by atoms with van der Waals surface area (Å²) in [6.45, 7) is 2.24. The molecule has 158 valence electrons. The minimum Gasteiger partial charge on any atom is -0.497 e. The highest BCUT2D eigenvalue weighted by atomic mass is 16.5. The van der Waals surface area contributed by atoms with Crippen molar-refractivity contribution in [2.45, 2.75) is 45.2 Å². The molecule has 6 heteroatoms. The number of carbonyl (C=O) groups is 1. The smallest absolute Gasteiger partial charge is 0.241 e. The molecule has 31 heavy (non-hydrogen) atoms. The van der Waals surface area contributed by atoms with Crippen molar-refractivity contribution in [1.82, 2.24) is 20.1 Å². The van der Waals surface area contributed by atoms with E-state index in [-0.39, 0.29) is 18.5 Å². The van der Waals surface area contributed by atoms with Gasteiger partial charge in [0.1, 0.15) is 18.0 Å². The van der Waals surface area contributed by atoms with Crippen molar-refractivity contribution in [3.63, 3.8) is 0 Å². The molecule has 6 nitrogen and oxygen atoms in total. The van der Waals surface area contributed by atoms with Crippen LogP contribution >= 0.6 is 0 Å². The maximum Gasteiger partial charge on any atom is 0.241 e. The zero-order valence-electron chi connectivity index (χ0n) is 17.9. The highest BCUT2D eigenvalue weighted by Crippen LogP contribution is 2.33. The van der Waals surface area contributed by atoms with Gasteiger partial charge in [-0.15, -0.1) is 0 Å². The average molecular weight is 415 g/mol. The largest absolute Gasteiger partial charge is 0.497 e. The number of hydrogen-bond acceptors (Lipinski definition) is 4. The fraction of sp³-hybridized carbons (Fsp3) is 0.320. The Morgan fingerprint density at radius 2 is 1.90 bits per heavy atom. The molecule has 1 aliphatic rings. The molecule has 0 radical (unpaired) electrons. The number of benzene rings is 2. The monoisotopic (exact) mass is 414 g/mol. The standard InChI is InChI=1S/C25H26N4O2/c1-16-7-9-17(10-8-16)24-21-14-26-22-12-11-19(31-2)13-20(22)25(21)29(28-24)15-23(30)27-18-5-3-4-6-18/h7-14,18H,3-6,15H2,1-2H3,(H,27,30). The first-order valence-electron chi connectivity index (χ1n) is 10.8. The van der Waals surface area contributed by atoms with E-state index in [0.717, 1.165) is 51.7 Å². The van der Waals surface area contributed by atoms with Crippen LogP contribution in [-0.4, -0.2) is 33.8 Å². The molecule has 2 aromatic carbocycles. The number of methoxy groups -OCH3 is 1. The molecule has 1 fully saturated rings. The summed E-state index contributed by atoms with van der Waals surface area (Å²) in [4.78, 5) is 17.5. The molecular formula is C25H26N4O2. The maximum atomic E-state index is 12.8. The predicted molar refractivity (Wildman–Crippen MR) is 122 cm³/mol. The van der Waals surface area contributed by atoms with Crippen LogP contribution in [0.4, 0.5) is 0 Å². The zero-order chi connectivity index (χ0) is 21.4. The van der Waals surface area contributed by atoms with Crippen molar-refractivity contribution in [3.8, 4) is 17.0 Å². The number of fused-ring (bicyclic) bond motifs is 3. The van der Waals surface area contributed by atoms with Crippen molar-refractivity contribution in [2.24, 2.45) is 0 Å². The third kappa shape index (κ3) is 3.74. The van der Waals surface area contributed by atoms with Crippen LogP contribution in [-0.2, 0) is 11.3 Å². The molecule has 2 heterocycles. The molecule has 0 unspecified atom stereocenters. The Balaban J connectivity index is 1.65. The summed E-state index contributed by atoms with van der Waals surface area (Å²) in [7, 11) is 1.65. The summed E-state index contributed by atoms with van der Waals surface area (Å²) in [6, 6.07) is 14.4. The van der Waals surface area contributed by atoms with Gasteiger partial charge < -0.3 is 10.1 Å². The van der Waals surface area contributed by atoms with Gasteiger partial charge in [-0.05, 0) is 38.0 Å². The molecule has 1 saturated carbocycles. The van der Waals surface area contributed by atoms with Crippen LogP contribution in [0.1, 0.15) is 31.2 Å². The second-order valence-corrected chi connectivity index (χ2v) is 8.32.